The Bertz CT molecular complexity index is 603. The lowest BCUT2D eigenvalue weighted by Crippen LogP contribution is -2.22. The van der Waals surface area contributed by atoms with Crippen molar-refractivity contribution in [2.45, 2.75) is 65.4 Å². The van der Waals surface area contributed by atoms with Gasteiger partial charge in [0.2, 0.25) is 0 Å². The molecule has 0 saturated heterocycles. The third kappa shape index (κ3) is 3.02. The highest BCUT2D eigenvalue weighted by atomic mass is 32.1. The van der Waals surface area contributed by atoms with E-state index in [0.29, 0.717) is 11.3 Å². The predicted molar refractivity (Wildman–Crippen MR) is 87.8 cm³/mol. The van der Waals surface area contributed by atoms with Crippen LogP contribution >= 0.6 is 11.3 Å². The first kappa shape index (κ1) is 15.0. The molecule has 116 valence electrons. The fraction of sp³-hybridized carbons (Fsp3) is 0.706. The monoisotopic (exact) mass is 306 g/mol. The van der Waals surface area contributed by atoms with Crippen LogP contribution in [-0.4, -0.2) is 14.5 Å². The minimum atomic E-state index is -0.353. The van der Waals surface area contributed by atoms with Crippen molar-refractivity contribution in [2.75, 3.05) is 0 Å². The number of aryl methyl sites for hydroxylation is 1. The van der Waals surface area contributed by atoms with Crippen molar-refractivity contribution in [2.24, 2.45) is 11.3 Å². The summed E-state index contributed by atoms with van der Waals surface area (Å²) in [6.45, 7) is 6.89. The van der Waals surface area contributed by atoms with Crippen molar-refractivity contribution in [1.82, 2.24) is 9.38 Å². The lowest BCUT2D eigenvalue weighted by molar-refractivity contribution is 0.103. The van der Waals surface area contributed by atoms with Gasteiger partial charge in [-0.2, -0.15) is 0 Å². The maximum atomic E-state index is 10.8. The normalized spacial score (nSPS) is 21.0. The highest BCUT2D eigenvalue weighted by molar-refractivity contribution is 7.17. The first-order valence-corrected chi connectivity index (χ1v) is 8.93. The van der Waals surface area contributed by atoms with Crippen LogP contribution in [0.1, 0.15) is 69.6 Å². The Balaban J connectivity index is 1.75. The molecule has 1 aliphatic carbocycles. The largest absolute Gasteiger partial charge is 0.387 e. The van der Waals surface area contributed by atoms with Gasteiger partial charge in [0.25, 0.3) is 0 Å². The molecule has 1 N–H and O–H groups in total. The molecule has 0 spiro atoms. The highest BCUT2D eigenvalue weighted by Crippen LogP contribution is 2.42. The summed E-state index contributed by atoms with van der Waals surface area (Å²) in [4.78, 5) is 6.65. The van der Waals surface area contributed by atoms with Gasteiger partial charge in [-0.05, 0) is 49.9 Å². The molecule has 1 aliphatic rings. The smallest absolute Gasteiger partial charge is 0.120 e. The summed E-state index contributed by atoms with van der Waals surface area (Å²) < 4.78 is 2.08. The molecule has 3 nitrogen and oxygen atoms in total. The standard InChI is InChI=1S/C17H26N2OS/c1-4-14-16(19-11-18-10-15(19)21-14)13(20)9-12-5-7-17(2,3)8-6-12/h10-13,20H,4-9H2,1-3H3. The van der Waals surface area contributed by atoms with E-state index >= 15 is 0 Å². The van der Waals surface area contributed by atoms with Crippen molar-refractivity contribution >= 4 is 16.2 Å². The number of aromatic nitrogens is 2. The Morgan fingerprint density at radius 1 is 1.43 bits per heavy atom. The van der Waals surface area contributed by atoms with Gasteiger partial charge in [-0.1, -0.05) is 20.8 Å². The van der Waals surface area contributed by atoms with Crippen molar-refractivity contribution in [3.63, 3.8) is 0 Å². The molecule has 2 heterocycles. The molecular formula is C17H26N2OS. The van der Waals surface area contributed by atoms with Gasteiger partial charge < -0.3 is 5.11 Å². The van der Waals surface area contributed by atoms with Gasteiger partial charge in [-0.25, -0.2) is 4.98 Å². The fourth-order valence-corrected chi connectivity index (χ4v) is 4.67. The molecule has 0 amide bonds. The summed E-state index contributed by atoms with van der Waals surface area (Å²) in [5, 5.41) is 10.8. The van der Waals surface area contributed by atoms with Crippen LogP contribution in [0, 0.1) is 11.3 Å². The first-order valence-electron chi connectivity index (χ1n) is 8.12. The molecular weight excluding hydrogens is 280 g/mol. The van der Waals surface area contributed by atoms with Crippen LogP contribution in [0.2, 0.25) is 0 Å². The van der Waals surface area contributed by atoms with Gasteiger partial charge in [0.05, 0.1) is 18.0 Å². The third-order valence-electron chi connectivity index (χ3n) is 5.03. The Kier molecular flexibility index (Phi) is 4.10. The van der Waals surface area contributed by atoms with Crippen LogP contribution in [-0.2, 0) is 6.42 Å². The van der Waals surface area contributed by atoms with E-state index in [2.05, 4.69) is 30.2 Å². The number of aliphatic hydroxyl groups is 1. The van der Waals surface area contributed by atoms with E-state index in [-0.39, 0.29) is 6.10 Å². The molecule has 2 aromatic rings. The van der Waals surface area contributed by atoms with E-state index < -0.39 is 0 Å². The van der Waals surface area contributed by atoms with Crippen molar-refractivity contribution in [1.29, 1.82) is 0 Å². The van der Waals surface area contributed by atoms with Gasteiger partial charge in [-0.3, -0.25) is 4.40 Å². The molecule has 4 heteroatoms. The molecule has 0 bridgehead atoms. The van der Waals surface area contributed by atoms with Gasteiger partial charge >= 0.3 is 0 Å². The maximum Gasteiger partial charge on any atom is 0.120 e. The summed E-state index contributed by atoms with van der Waals surface area (Å²) in [6.07, 6.45) is 10.3. The molecule has 21 heavy (non-hydrogen) atoms. The van der Waals surface area contributed by atoms with Crippen LogP contribution in [0.25, 0.3) is 4.83 Å². The predicted octanol–water partition coefficient (Wildman–Crippen LogP) is 4.60. The number of aliphatic hydroxyl groups excluding tert-OH is 1. The van der Waals surface area contributed by atoms with E-state index in [1.54, 1.807) is 11.3 Å². The second kappa shape index (κ2) is 5.73. The number of imidazole rings is 1. The zero-order valence-corrected chi connectivity index (χ0v) is 14.1. The number of thiazole rings is 1. The van der Waals surface area contributed by atoms with E-state index in [1.807, 2.05) is 12.5 Å². The average molecular weight is 306 g/mol. The summed E-state index contributed by atoms with van der Waals surface area (Å²) in [5.74, 6) is 0.663. The Hall–Kier alpha value is -0.870. The maximum absolute atomic E-state index is 10.8. The van der Waals surface area contributed by atoms with Gasteiger partial charge in [-0.15, -0.1) is 11.3 Å². The van der Waals surface area contributed by atoms with E-state index in [1.165, 1.54) is 30.6 Å². The van der Waals surface area contributed by atoms with Gasteiger partial charge in [0.1, 0.15) is 11.2 Å². The topological polar surface area (TPSA) is 37.5 Å². The van der Waals surface area contributed by atoms with Gasteiger partial charge in [0, 0.05) is 4.88 Å². The van der Waals surface area contributed by atoms with Crippen LogP contribution in [0.3, 0.4) is 0 Å². The van der Waals surface area contributed by atoms with E-state index in [4.69, 9.17) is 0 Å². The second-order valence-corrected chi connectivity index (χ2v) is 8.34. The minimum absolute atomic E-state index is 0.353. The minimum Gasteiger partial charge on any atom is -0.387 e. The SMILES string of the molecule is CCc1sc2cncn2c1C(O)CC1CCC(C)(C)CC1. The molecule has 0 aromatic carbocycles. The second-order valence-electron chi connectivity index (χ2n) is 7.23. The van der Waals surface area contributed by atoms with Crippen molar-refractivity contribution < 1.29 is 5.11 Å². The van der Waals surface area contributed by atoms with E-state index in [0.717, 1.165) is 23.4 Å². The zero-order chi connectivity index (χ0) is 15.0. The van der Waals surface area contributed by atoms with Crippen molar-refractivity contribution in [3.8, 4) is 0 Å². The van der Waals surface area contributed by atoms with Crippen molar-refractivity contribution in [3.05, 3.63) is 23.1 Å². The fourth-order valence-electron chi connectivity index (χ4n) is 3.57. The summed E-state index contributed by atoms with van der Waals surface area (Å²) in [7, 11) is 0. The van der Waals surface area contributed by atoms with Crippen LogP contribution in [0.15, 0.2) is 12.5 Å². The molecule has 0 aliphatic heterocycles. The van der Waals surface area contributed by atoms with Crippen LogP contribution < -0.4 is 0 Å². The lowest BCUT2D eigenvalue weighted by Gasteiger charge is -2.35. The molecule has 1 unspecified atom stereocenters. The number of fused-ring (bicyclic) bond motifs is 1. The number of hydrogen-bond acceptors (Lipinski definition) is 3. The molecule has 1 fully saturated rings. The van der Waals surface area contributed by atoms with Crippen LogP contribution in [0.4, 0.5) is 0 Å². The molecule has 3 rings (SSSR count). The molecule has 0 radical (unpaired) electrons. The highest BCUT2D eigenvalue weighted by Gasteiger charge is 2.29. The van der Waals surface area contributed by atoms with Crippen LogP contribution in [0.5, 0.6) is 0 Å². The third-order valence-corrected chi connectivity index (χ3v) is 6.29. The number of nitrogens with zero attached hydrogens (tertiary/aromatic N) is 2. The summed E-state index contributed by atoms with van der Waals surface area (Å²) >= 11 is 1.76. The molecule has 1 atom stereocenters. The number of rotatable bonds is 4. The number of hydrogen-bond donors (Lipinski definition) is 1. The Labute approximate surface area is 131 Å². The lowest BCUT2D eigenvalue weighted by atomic mass is 9.71. The first-order chi connectivity index (χ1) is 10.00. The Morgan fingerprint density at radius 3 is 2.81 bits per heavy atom. The molecule has 2 aromatic heterocycles. The van der Waals surface area contributed by atoms with Gasteiger partial charge in [0.15, 0.2) is 0 Å². The molecule has 1 saturated carbocycles. The Morgan fingerprint density at radius 2 is 2.14 bits per heavy atom. The van der Waals surface area contributed by atoms with E-state index in [9.17, 15) is 5.11 Å². The quantitative estimate of drug-likeness (QED) is 0.896. The summed E-state index contributed by atoms with van der Waals surface area (Å²) in [5.41, 5.74) is 1.58. The zero-order valence-electron chi connectivity index (χ0n) is 13.3. The summed E-state index contributed by atoms with van der Waals surface area (Å²) in [6, 6.07) is 0. The average Bonchev–Trinajstić information content (AvgIpc) is 3.00.